The number of Topliss-reactive ketones (excluding diaryl/α,β-unsaturated/α-hetero) is 1. The molecule has 3 aromatic carbocycles. The number of hydrogen-bond acceptors (Lipinski definition) is 7. The third-order valence-electron chi connectivity index (χ3n) is 5.72. The quantitative estimate of drug-likeness (QED) is 0.203. The highest BCUT2D eigenvalue weighted by Crippen LogP contribution is 2.37. The number of ketones is 1. The maximum absolute atomic E-state index is 13.5. The second-order valence-corrected chi connectivity index (χ2v) is 9.35. The molecule has 0 aliphatic rings. The molecule has 0 aliphatic carbocycles. The van der Waals surface area contributed by atoms with E-state index in [1.807, 2.05) is 80.6 Å². The van der Waals surface area contributed by atoms with Crippen molar-refractivity contribution in [1.82, 2.24) is 14.9 Å². The first-order valence-corrected chi connectivity index (χ1v) is 12.0. The molecule has 1 heterocycles. The van der Waals surface area contributed by atoms with Crippen LogP contribution in [0.1, 0.15) is 43.7 Å². The summed E-state index contributed by atoms with van der Waals surface area (Å²) >= 11 is 1.30. The lowest BCUT2D eigenvalue weighted by Gasteiger charge is -2.16. The molecule has 1 unspecified atom stereocenters. The molecule has 0 amide bonds. The van der Waals surface area contributed by atoms with E-state index in [9.17, 15) is 4.79 Å². The molecule has 7 nitrogen and oxygen atoms in total. The Labute approximate surface area is 209 Å². The van der Waals surface area contributed by atoms with Gasteiger partial charge in [-0.1, -0.05) is 77.5 Å². The molecule has 0 spiro atoms. The normalized spacial score (nSPS) is 11.8. The molecule has 0 saturated heterocycles. The minimum atomic E-state index is -0.515. The highest BCUT2D eigenvalue weighted by molar-refractivity contribution is 8.00. The molecule has 180 valence electrons. The van der Waals surface area contributed by atoms with E-state index in [1.54, 1.807) is 14.2 Å². The monoisotopic (exact) mass is 488 g/mol. The molecule has 1 aromatic heterocycles. The number of carbonyl (C=O) groups is 1. The Kier molecular flexibility index (Phi) is 7.41. The second kappa shape index (κ2) is 10.7. The highest BCUT2D eigenvalue weighted by atomic mass is 32.2. The first-order valence-electron chi connectivity index (χ1n) is 11.1. The molecule has 0 radical (unpaired) electrons. The fraction of sp³-hybridized carbons (Fsp3) is 0.222. The van der Waals surface area contributed by atoms with E-state index in [0.29, 0.717) is 34.5 Å². The summed E-state index contributed by atoms with van der Waals surface area (Å²) in [7, 11) is 3.19. The van der Waals surface area contributed by atoms with Gasteiger partial charge in [-0.2, -0.15) is 0 Å². The van der Waals surface area contributed by atoms with E-state index in [0.717, 1.165) is 22.3 Å². The van der Waals surface area contributed by atoms with E-state index >= 15 is 0 Å². The predicted octanol–water partition coefficient (Wildman–Crippen LogP) is 4.93. The minimum absolute atomic E-state index is 0.0108. The Morgan fingerprint density at radius 3 is 2.17 bits per heavy atom. The van der Waals surface area contributed by atoms with E-state index in [-0.39, 0.29) is 5.78 Å². The molecular formula is C27H28N4O3S. The molecule has 0 bridgehead atoms. The number of methoxy groups -OCH3 is 2. The number of aromatic nitrogens is 3. The first-order chi connectivity index (χ1) is 16.9. The smallest absolute Gasteiger partial charge is 0.210 e. The molecule has 0 fully saturated rings. The number of aryl methyl sites for hydroxylation is 2. The van der Waals surface area contributed by atoms with Crippen LogP contribution in [0.2, 0.25) is 0 Å². The highest BCUT2D eigenvalue weighted by Gasteiger charge is 2.26. The average molecular weight is 489 g/mol. The van der Waals surface area contributed by atoms with Crippen molar-refractivity contribution >= 4 is 17.5 Å². The van der Waals surface area contributed by atoms with Crippen LogP contribution in [0.5, 0.6) is 11.5 Å². The standard InChI is InChI=1S/C27H28N4O3S/c1-17-5-10-20(11-6-17)25(32)26(21-12-7-18(2)8-13-21)35-27-30-29-24(31(27)28)16-19-9-14-22(33-3)23(15-19)34-4/h5-15,26H,16,28H2,1-4H3. The van der Waals surface area contributed by atoms with Gasteiger partial charge in [-0.15, -0.1) is 10.2 Å². The average Bonchev–Trinajstić information content (AvgIpc) is 3.21. The number of nitrogen functional groups attached to an aromatic ring is 1. The van der Waals surface area contributed by atoms with Gasteiger partial charge in [0.05, 0.1) is 14.2 Å². The Morgan fingerprint density at radius 1 is 0.914 bits per heavy atom. The summed E-state index contributed by atoms with van der Waals surface area (Å²) in [4.78, 5) is 13.5. The number of thioether (sulfide) groups is 1. The van der Waals surface area contributed by atoms with Crippen LogP contribution in [0.25, 0.3) is 0 Å². The van der Waals surface area contributed by atoms with Crippen LogP contribution < -0.4 is 15.3 Å². The summed E-state index contributed by atoms with van der Waals surface area (Å²) in [6, 6.07) is 21.2. The number of rotatable bonds is 9. The largest absolute Gasteiger partial charge is 0.493 e. The van der Waals surface area contributed by atoms with Gasteiger partial charge in [-0.05, 0) is 37.1 Å². The third-order valence-corrected chi connectivity index (χ3v) is 6.93. The molecular weight excluding hydrogens is 460 g/mol. The van der Waals surface area contributed by atoms with Gasteiger partial charge >= 0.3 is 0 Å². The van der Waals surface area contributed by atoms with Crippen molar-refractivity contribution in [3.63, 3.8) is 0 Å². The van der Waals surface area contributed by atoms with Crippen LogP contribution in [-0.4, -0.2) is 34.9 Å². The van der Waals surface area contributed by atoms with Crippen molar-refractivity contribution in [1.29, 1.82) is 0 Å². The third kappa shape index (κ3) is 5.49. The Bertz CT molecular complexity index is 1320. The van der Waals surface area contributed by atoms with Crippen molar-refractivity contribution in [2.45, 2.75) is 30.7 Å². The summed E-state index contributed by atoms with van der Waals surface area (Å²) < 4.78 is 12.2. The van der Waals surface area contributed by atoms with E-state index in [2.05, 4.69) is 10.2 Å². The first kappa shape index (κ1) is 24.3. The number of nitrogens with two attached hydrogens (primary N) is 1. The SMILES string of the molecule is COc1ccc(Cc2nnc(SC(C(=O)c3ccc(C)cc3)c3ccc(C)cc3)n2N)cc1OC. The molecule has 4 rings (SSSR count). The number of ether oxygens (including phenoxy) is 2. The number of nitrogens with zero attached hydrogens (tertiary/aromatic N) is 3. The van der Waals surface area contributed by atoms with E-state index < -0.39 is 5.25 Å². The lowest BCUT2D eigenvalue weighted by atomic mass is 10.0. The van der Waals surface area contributed by atoms with Crippen LogP contribution in [0.4, 0.5) is 0 Å². The lowest BCUT2D eigenvalue weighted by Crippen LogP contribution is -2.17. The van der Waals surface area contributed by atoms with Gasteiger partial charge in [0.25, 0.3) is 0 Å². The van der Waals surface area contributed by atoms with Crippen molar-refractivity contribution in [3.8, 4) is 11.5 Å². The maximum atomic E-state index is 13.5. The number of hydrogen-bond donors (Lipinski definition) is 1. The molecule has 0 aliphatic heterocycles. The Morgan fingerprint density at radius 2 is 1.54 bits per heavy atom. The van der Waals surface area contributed by atoms with E-state index in [4.69, 9.17) is 15.3 Å². The van der Waals surface area contributed by atoms with Crippen molar-refractivity contribution in [3.05, 3.63) is 100 Å². The van der Waals surface area contributed by atoms with Gasteiger partial charge in [0.15, 0.2) is 23.1 Å². The zero-order chi connectivity index (χ0) is 24.9. The Balaban J connectivity index is 1.62. The van der Waals surface area contributed by atoms with Crippen LogP contribution in [0, 0.1) is 13.8 Å². The topological polar surface area (TPSA) is 92.3 Å². The molecule has 35 heavy (non-hydrogen) atoms. The van der Waals surface area contributed by atoms with Gasteiger partial charge < -0.3 is 15.3 Å². The summed E-state index contributed by atoms with van der Waals surface area (Å²) in [5, 5.41) is 8.55. The van der Waals surface area contributed by atoms with Gasteiger partial charge in [0.2, 0.25) is 5.16 Å². The molecule has 0 saturated carbocycles. The van der Waals surface area contributed by atoms with Crippen LogP contribution in [0.3, 0.4) is 0 Å². The van der Waals surface area contributed by atoms with Crippen molar-refractivity contribution in [2.75, 3.05) is 20.1 Å². The summed E-state index contributed by atoms with van der Waals surface area (Å²) in [6.07, 6.45) is 0.450. The van der Waals surface area contributed by atoms with Crippen LogP contribution in [-0.2, 0) is 6.42 Å². The zero-order valence-electron chi connectivity index (χ0n) is 20.2. The molecule has 4 aromatic rings. The second-order valence-electron chi connectivity index (χ2n) is 8.27. The van der Waals surface area contributed by atoms with Gasteiger partial charge in [-0.25, -0.2) is 4.68 Å². The zero-order valence-corrected chi connectivity index (χ0v) is 21.0. The fourth-order valence-electron chi connectivity index (χ4n) is 3.67. The number of benzene rings is 3. The lowest BCUT2D eigenvalue weighted by molar-refractivity contribution is 0.0989. The van der Waals surface area contributed by atoms with Crippen LogP contribution in [0.15, 0.2) is 71.9 Å². The Hall–Kier alpha value is -3.78. The number of carbonyl (C=O) groups excluding carboxylic acids is 1. The van der Waals surface area contributed by atoms with Crippen LogP contribution >= 0.6 is 11.8 Å². The summed E-state index contributed by atoms with van der Waals surface area (Å²) in [5.74, 6) is 8.23. The summed E-state index contributed by atoms with van der Waals surface area (Å²) in [6.45, 7) is 4.02. The van der Waals surface area contributed by atoms with Crippen molar-refractivity contribution in [2.24, 2.45) is 0 Å². The maximum Gasteiger partial charge on any atom is 0.210 e. The predicted molar refractivity (Wildman–Crippen MR) is 138 cm³/mol. The van der Waals surface area contributed by atoms with Gasteiger partial charge in [0, 0.05) is 12.0 Å². The minimum Gasteiger partial charge on any atom is -0.493 e. The van der Waals surface area contributed by atoms with E-state index in [1.165, 1.54) is 16.4 Å². The van der Waals surface area contributed by atoms with Crippen molar-refractivity contribution < 1.29 is 14.3 Å². The molecule has 1 atom stereocenters. The van der Waals surface area contributed by atoms with Gasteiger partial charge in [-0.3, -0.25) is 4.79 Å². The fourth-order valence-corrected chi connectivity index (χ4v) is 4.72. The van der Waals surface area contributed by atoms with Gasteiger partial charge in [0.1, 0.15) is 5.25 Å². The molecule has 2 N–H and O–H groups in total. The summed E-state index contributed by atoms with van der Waals surface area (Å²) in [5.41, 5.74) is 4.70. The molecule has 8 heteroatoms.